The minimum absolute atomic E-state index is 0.348. The van der Waals surface area contributed by atoms with Crippen molar-refractivity contribution in [2.75, 3.05) is 20.3 Å². The molecule has 0 aliphatic carbocycles. The van der Waals surface area contributed by atoms with E-state index >= 15 is 0 Å². The van der Waals surface area contributed by atoms with Crippen molar-refractivity contribution < 1.29 is 28.9 Å². The molecule has 2 aromatic rings. The topological polar surface area (TPSA) is 106 Å². The number of hydrazone groups is 1. The van der Waals surface area contributed by atoms with Gasteiger partial charge in [0.05, 0.1) is 29.1 Å². The molecule has 0 fully saturated rings. The second-order valence-corrected chi connectivity index (χ2v) is 7.01. The molecular weight excluding hydrogens is 491 g/mol. The summed E-state index contributed by atoms with van der Waals surface area (Å²) >= 11 is 2.02. The molecule has 0 unspecified atom stereocenters. The summed E-state index contributed by atoms with van der Waals surface area (Å²) in [5.74, 6) is -0.276. The van der Waals surface area contributed by atoms with Gasteiger partial charge in [0.15, 0.2) is 18.1 Å². The zero-order valence-electron chi connectivity index (χ0n) is 16.2. The highest BCUT2D eigenvalue weighted by molar-refractivity contribution is 14.1. The van der Waals surface area contributed by atoms with Gasteiger partial charge >= 0.3 is 5.97 Å². The second kappa shape index (κ2) is 10.6. The molecule has 0 saturated heterocycles. The van der Waals surface area contributed by atoms with Crippen molar-refractivity contribution in [1.82, 2.24) is 5.43 Å². The van der Waals surface area contributed by atoms with Gasteiger partial charge in [-0.15, -0.1) is 0 Å². The summed E-state index contributed by atoms with van der Waals surface area (Å²) in [6.45, 7) is 3.62. The smallest absolute Gasteiger partial charge is 0.341 e. The number of carboxylic acids is 1. The van der Waals surface area contributed by atoms with Crippen LogP contribution in [0.25, 0.3) is 0 Å². The van der Waals surface area contributed by atoms with Crippen LogP contribution in [0, 0.1) is 10.5 Å². The summed E-state index contributed by atoms with van der Waals surface area (Å²) in [6.07, 6.45) is 1.46. The van der Waals surface area contributed by atoms with E-state index in [1.165, 1.54) is 13.3 Å². The maximum Gasteiger partial charge on any atom is 0.341 e. The predicted octanol–water partition coefficient (Wildman–Crippen LogP) is 3.23. The van der Waals surface area contributed by atoms with Gasteiger partial charge in [0, 0.05) is 0 Å². The van der Waals surface area contributed by atoms with E-state index in [2.05, 4.69) is 10.5 Å². The molecule has 1 amide bonds. The fraction of sp³-hybridized carbons (Fsp3) is 0.250. The lowest BCUT2D eigenvalue weighted by Crippen LogP contribution is -2.18. The molecule has 0 spiro atoms. The number of hydrogen-bond donors (Lipinski definition) is 2. The monoisotopic (exact) mass is 512 g/mol. The first-order chi connectivity index (χ1) is 13.8. The number of nitrogens with one attached hydrogen (secondary N) is 1. The highest BCUT2D eigenvalue weighted by Gasteiger charge is 2.14. The molecule has 154 valence electrons. The molecule has 0 aliphatic rings. The van der Waals surface area contributed by atoms with Crippen molar-refractivity contribution in [1.29, 1.82) is 0 Å². The van der Waals surface area contributed by atoms with Gasteiger partial charge in [-0.1, -0.05) is 6.07 Å². The predicted molar refractivity (Wildman–Crippen MR) is 116 cm³/mol. The van der Waals surface area contributed by atoms with Crippen molar-refractivity contribution in [2.24, 2.45) is 5.10 Å². The molecule has 2 aromatic carbocycles. The number of carboxylic acid groups (broad SMARTS) is 1. The van der Waals surface area contributed by atoms with Gasteiger partial charge in [-0.05, 0) is 71.8 Å². The summed E-state index contributed by atoms with van der Waals surface area (Å²) < 4.78 is 16.7. The second-order valence-electron chi connectivity index (χ2n) is 5.85. The zero-order valence-corrected chi connectivity index (χ0v) is 18.3. The van der Waals surface area contributed by atoms with E-state index in [9.17, 15) is 9.59 Å². The molecule has 0 radical (unpaired) electrons. The summed E-state index contributed by atoms with van der Waals surface area (Å²) in [5.41, 5.74) is 4.46. The van der Waals surface area contributed by atoms with Gasteiger partial charge < -0.3 is 19.3 Å². The third-order valence-electron chi connectivity index (χ3n) is 3.65. The largest absolute Gasteiger partial charge is 0.496 e. The molecule has 2 rings (SSSR count). The van der Waals surface area contributed by atoms with Gasteiger partial charge in [-0.25, -0.2) is 10.2 Å². The molecule has 0 heterocycles. The lowest BCUT2D eigenvalue weighted by Gasteiger charge is -2.13. The van der Waals surface area contributed by atoms with Gasteiger partial charge in [0.25, 0.3) is 5.91 Å². The van der Waals surface area contributed by atoms with E-state index < -0.39 is 18.5 Å². The van der Waals surface area contributed by atoms with Crippen LogP contribution in [-0.4, -0.2) is 43.5 Å². The molecule has 0 atom stereocenters. The Kier molecular flexibility index (Phi) is 8.25. The average Bonchev–Trinajstić information content (AvgIpc) is 2.67. The third-order valence-corrected chi connectivity index (χ3v) is 4.45. The van der Waals surface area contributed by atoms with Gasteiger partial charge in [-0.2, -0.15) is 5.10 Å². The Balaban J connectivity index is 2.17. The first kappa shape index (κ1) is 22.5. The normalized spacial score (nSPS) is 10.6. The lowest BCUT2D eigenvalue weighted by molar-refractivity contribution is -0.139. The number of halogens is 1. The average molecular weight is 512 g/mol. The number of benzene rings is 2. The first-order valence-electron chi connectivity index (χ1n) is 8.64. The quantitative estimate of drug-likeness (QED) is 0.304. The summed E-state index contributed by atoms with van der Waals surface area (Å²) in [5, 5.41) is 12.8. The van der Waals surface area contributed by atoms with Crippen molar-refractivity contribution in [3.63, 3.8) is 0 Å². The Morgan fingerprint density at radius 2 is 1.97 bits per heavy atom. The number of aliphatic carboxylic acids is 1. The molecule has 0 saturated carbocycles. The van der Waals surface area contributed by atoms with Crippen LogP contribution in [0.2, 0.25) is 0 Å². The van der Waals surface area contributed by atoms with E-state index in [1.807, 2.05) is 42.5 Å². The van der Waals surface area contributed by atoms with Crippen LogP contribution in [0.3, 0.4) is 0 Å². The fourth-order valence-electron chi connectivity index (χ4n) is 2.41. The number of hydrogen-bond acceptors (Lipinski definition) is 6. The fourth-order valence-corrected chi connectivity index (χ4v) is 3.19. The Labute approximate surface area is 182 Å². The number of aryl methyl sites for hydroxylation is 1. The molecule has 9 heteroatoms. The summed E-state index contributed by atoms with van der Waals surface area (Å²) in [7, 11) is 1.50. The molecule has 8 nitrogen and oxygen atoms in total. The van der Waals surface area contributed by atoms with Crippen LogP contribution in [0.1, 0.15) is 28.4 Å². The number of amides is 1. The Morgan fingerprint density at radius 1 is 1.21 bits per heavy atom. The van der Waals surface area contributed by atoms with Crippen LogP contribution >= 0.6 is 22.6 Å². The first-order valence-corrected chi connectivity index (χ1v) is 9.72. The minimum Gasteiger partial charge on any atom is -0.496 e. The maximum absolute atomic E-state index is 12.4. The van der Waals surface area contributed by atoms with E-state index in [-0.39, 0.29) is 0 Å². The van der Waals surface area contributed by atoms with Gasteiger partial charge in [-0.3, -0.25) is 4.79 Å². The van der Waals surface area contributed by atoms with Gasteiger partial charge in [0.1, 0.15) is 5.75 Å². The van der Waals surface area contributed by atoms with E-state index in [1.54, 1.807) is 24.3 Å². The van der Waals surface area contributed by atoms with Crippen LogP contribution in [0.15, 0.2) is 35.4 Å². The SMILES string of the molecule is CCOc1cc(/C=N\NC(=O)c2ccc(C)cc2OC)cc(I)c1OCC(=O)O. The molecule has 0 bridgehead atoms. The minimum atomic E-state index is -1.08. The Bertz CT molecular complexity index is 929. The molecule has 2 N–H and O–H groups in total. The summed E-state index contributed by atoms with van der Waals surface area (Å²) in [4.78, 5) is 23.1. The molecule has 0 aromatic heterocycles. The highest BCUT2D eigenvalue weighted by Crippen LogP contribution is 2.34. The molecule has 0 aliphatic heterocycles. The summed E-state index contributed by atoms with van der Waals surface area (Å²) in [6, 6.07) is 8.65. The van der Waals surface area contributed by atoms with E-state index in [0.717, 1.165) is 5.56 Å². The van der Waals surface area contributed by atoms with Crippen LogP contribution in [0.4, 0.5) is 0 Å². The number of methoxy groups -OCH3 is 1. The number of carbonyl (C=O) groups excluding carboxylic acids is 1. The third kappa shape index (κ3) is 6.34. The maximum atomic E-state index is 12.4. The van der Waals surface area contributed by atoms with Gasteiger partial charge in [0.2, 0.25) is 0 Å². The number of carbonyl (C=O) groups is 2. The highest BCUT2D eigenvalue weighted by atomic mass is 127. The molecular formula is C20H21IN2O6. The van der Waals surface area contributed by atoms with Crippen molar-refractivity contribution in [3.8, 4) is 17.2 Å². The van der Waals surface area contributed by atoms with Crippen molar-refractivity contribution in [2.45, 2.75) is 13.8 Å². The number of rotatable bonds is 9. The standard InChI is InChI=1S/C20H21IN2O6/c1-4-28-17-9-13(8-15(21)19(17)29-11-18(24)25)10-22-23-20(26)14-6-5-12(2)7-16(14)27-3/h5-10H,4,11H2,1-3H3,(H,23,26)(H,24,25)/b22-10-. The molecule has 29 heavy (non-hydrogen) atoms. The van der Waals surface area contributed by atoms with E-state index in [4.69, 9.17) is 19.3 Å². The Morgan fingerprint density at radius 3 is 2.62 bits per heavy atom. The van der Waals surface area contributed by atoms with Crippen LogP contribution < -0.4 is 19.6 Å². The van der Waals surface area contributed by atoms with Crippen LogP contribution in [-0.2, 0) is 4.79 Å². The Hall–Kier alpha value is -2.82. The van der Waals surface area contributed by atoms with Crippen molar-refractivity contribution >= 4 is 40.7 Å². The lowest BCUT2D eigenvalue weighted by atomic mass is 10.1. The van der Waals surface area contributed by atoms with Crippen molar-refractivity contribution in [3.05, 3.63) is 50.6 Å². The number of ether oxygens (including phenoxy) is 3. The zero-order chi connectivity index (χ0) is 21.4. The number of nitrogens with zero attached hydrogens (tertiary/aromatic N) is 1. The van der Waals surface area contributed by atoms with E-state index in [0.29, 0.717) is 38.6 Å². The van der Waals surface area contributed by atoms with Crippen LogP contribution in [0.5, 0.6) is 17.2 Å².